The molecule has 0 radical (unpaired) electrons. The molecular weight excluding hydrogens is 370 g/mol. The fourth-order valence-corrected chi connectivity index (χ4v) is 5.17. The van der Waals surface area contributed by atoms with Gasteiger partial charge < -0.3 is 15.4 Å². The van der Waals surface area contributed by atoms with Crippen molar-refractivity contribution in [3.63, 3.8) is 0 Å². The van der Waals surface area contributed by atoms with E-state index in [4.69, 9.17) is 16.3 Å². The molecule has 144 valence electrons. The number of nitrogens with one attached hydrogen (secondary N) is 1. The Morgan fingerprint density at radius 3 is 2.70 bits per heavy atom. The Kier molecular flexibility index (Phi) is 4.29. The molecule has 7 nitrogen and oxygen atoms in total. The quantitative estimate of drug-likeness (QED) is 0.722. The number of nitrogens with zero attached hydrogens (tertiary/aromatic N) is 1. The van der Waals surface area contributed by atoms with Crippen molar-refractivity contribution in [1.82, 2.24) is 4.90 Å². The van der Waals surface area contributed by atoms with Gasteiger partial charge >= 0.3 is 0 Å². The lowest BCUT2D eigenvalue weighted by Crippen LogP contribution is -2.99. The van der Waals surface area contributed by atoms with Gasteiger partial charge in [-0.1, -0.05) is 31.5 Å². The highest BCUT2D eigenvalue weighted by atomic mass is 35.5. The highest BCUT2D eigenvalue weighted by Crippen LogP contribution is 2.51. The molecule has 0 aromatic heterocycles. The smallest absolute Gasteiger partial charge is 0.291 e. The number of para-hydroxylation sites is 1. The number of fused-ring (bicyclic) bond motifs is 4. The van der Waals surface area contributed by atoms with Gasteiger partial charge in [0.1, 0.15) is 17.9 Å². The van der Waals surface area contributed by atoms with Crippen LogP contribution in [-0.2, 0) is 24.7 Å². The summed E-state index contributed by atoms with van der Waals surface area (Å²) in [7, 11) is 1.53. The van der Waals surface area contributed by atoms with E-state index in [2.05, 4.69) is 5.32 Å². The number of halogens is 1. The fourth-order valence-electron chi connectivity index (χ4n) is 4.95. The van der Waals surface area contributed by atoms with Crippen molar-refractivity contribution in [3.8, 4) is 0 Å². The second-order valence-electron chi connectivity index (χ2n) is 7.80. The first kappa shape index (κ1) is 18.4. The Morgan fingerprint density at radius 1 is 1.30 bits per heavy atom. The van der Waals surface area contributed by atoms with Crippen molar-refractivity contribution in [2.75, 3.05) is 25.6 Å². The van der Waals surface area contributed by atoms with Gasteiger partial charge in [0.05, 0.1) is 23.9 Å². The molecule has 1 aromatic rings. The molecule has 3 aliphatic rings. The average Bonchev–Trinajstić information content (AvgIpc) is 3.21. The first-order valence-corrected chi connectivity index (χ1v) is 9.53. The summed E-state index contributed by atoms with van der Waals surface area (Å²) >= 11 is 6.29. The van der Waals surface area contributed by atoms with Crippen LogP contribution in [0.3, 0.4) is 0 Å². The Bertz CT molecular complexity index is 842. The van der Waals surface area contributed by atoms with Crippen molar-refractivity contribution in [2.24, 2.45) is 17.8 Å². The SMILES string of the molecule is COCCN1C(=O)[C@H]2[C@@H](C1=O)[C@@]1([NH2+][C@H]2C(C)C)C(=O)Nc2c(Cl)cccc21. The van der Waals surface area contributed by atoms with Crippen molar-refractivity contribution < 1.29 is 24.4 Å². The summed E-state index contributed by atoms with van der Waals surface area (Å²) in [4.78, 5) is 40.9. The minimum Gasteiger partial charge on any atom is -0.383 e. The Morgan fingerprint density at radius 2 is 2.04 bits per heavy atom. The van der Waals surface area contributed by atoms with Gasteiger partial charge in [0.15, 0.2) is 0 Å². The molecule has 3 heterocycles. The van der Waals surface area contributed by atoms with Gasteiger partial charge in [-0.25, -0.2) is 0 Å². The van der Waals surface area contributed by atoms with Gasteiger partial charge in [-0.05, 0) is 12.1 Å². The van der Waals surface area contributed by atoms with Crippen LogP contribution in [0.2, 0.25) is 5.02 Å². The van der Waals surface area contributed by atoms with Crippen LogP contribution < -0.4 is 10.6 Å². The van der Waals surface area contributed by atoms with Gasteiger partial charge in [0.25, 0.3) is 5.91 Å². The summed E-state index contributed by atoms with van der Waals surface area (Å²) in [5.41, 5.74) is 0.0704. The van der Waals surface area contributed by atoms with E-state index in [-0.39, 0.29) is 42.8 Å². The Labute approximate surface area is 162 Å². The standard InChI is InChI=1S/C19H22ClN3O4/c1-9(2)14-12-13(17(25)23(16(12)24)7-8-27-3)19(22-14)10-5-4-6-11(20)15(10)21-18(19)26/h4-6,9,12-14,22H,7-8H2,1-3H3,(H,21,26)/p+1/t12-,13-,14-,19+/m0/s1. The molecule has 1 spiro atoms. The number of amides is 3. The van der Waals surface area contributed by atoms with Gasteiger partial charge in [-0.15, -0.1) is 0 Å². The van der Waals surface area contributed by atoms with Crippen molar-refractivity contribution >= 4 is 35.0 Å². The molecule has 0 bridgehead atoms. The molecule has 4 rings (SSSR count). The first-order chi connectivity index (χ1) is 12.8. The zero-order valence-electron chi connectivity index (χ0n) is 15.5. The third-order valence-electron chi connectivity index (χ3n) is 6.17. The molecule has 1 aromatic carbocycles. The van der Waals surface area contributed by atoms with Crippen LogP contribution in [0, 0.1) is 17.8 Å². The zero-order valence-corrected chi connectivity index (χ0v) is 16.2. The number of quaternary nitrogens is 1. The van der Waals surface area contributed by atoms with Gasteiger partial charge in [-0.3, -0.25) is 19.3 Å². The number of nitrogens with two attached hydrogens (primary N) is 1. The summed E-state index contributed by atoms with van der Waals surface area (Å²) < 4.78 is 5.06. The van der Waals surface area contributed by atoms with Crippen LogP contribution >= 0.6 is 11.6 Å². The van der Waals surface area contributed by atoms with Gasteiger partial charge in [0.2, 0.25) is 17.4 Å². The Balaban J connectivity index is 1.87. The number of likely N-dealkylation sites (tertiary alicyclic amines) is 1. The topological polar surface area (TPSA) is 92.3 Å². The van der Waals surface area contributed by atoms with E-state index in [1.165, 1.54) is 12.0 Å². The molecule has 4 atom stereocenters. The summed E-state index contributed by atoms with van der Waals surface area (Å²) in [5, 5.41) is 5.21. The number of imide groups is 1. The number of hydrogen-bond acceptors (Lipinski definition) is 4. The molecular formula is C19H23ClN3O4+. The normalized spacial score (nSPS) is 31.8. The molecule has 8 heteroatoms. The zero-order chi connectivity index (χ0) is 19.5. The highest BCUT2D eigenvalue weighted by Gasteiger charge is 2.74. The summed E-state index contributed by atoms with van der Waals surface area (Å²) in [6.07, 6.45) is 0. The molecule has 0 unspecified atom stereocenters. The van der Waals surface area contributed by atoms with E-state index in [0.717, 1.165) is 0 Å². The predicted octanol–water partition coefficient (Wildman–Crippen LogP) is 0.337. The molecule has 3 aliphatic heterocycles. The van der Waals surface area contributed by atoms with Crippen molar-refractivity contribution in [2.45, 2.75) is 25.4 Å². The number of carbonyl (C=O) groups excluding carboxylic acids is 3. The molecule has 0 aliphatic carbocycles. The number of anilines is 1. The molecule has 2 fully saturated rings. The molecule has 2 saturated heterocycles. The third-order valence-corrected chi connectivity index (χ3v) is 6.48. The van der Waals surface area contributed by atoms with Crippen LogP contribution in [0.15, 0.2) is 18.2 Å². The van der Waals surface area contributed by atoms with Crippen LogP contribution in [0.5, 0.6) is 0 Å². The maximum Gasteiger partial charge on any atom is 0.291 e. The lowest BCUT2D eigenvalue weighted by atomic mass is 9.76. The predicted molar refractivity (Wildman–Crippen MR) is 97.9 cm³/mol. The van der Waals surface area contributed by atoms with E-state index in [9.17, 15) is 14.4 Å². The van der Waals surface area contributed by atoms with E-state index in [1.54, 1.807) is 12.1 Å². The Hall–Kier alpha value is -1.96. The van der Waals surface area contributed by atoms with Crippen LogP contribution in [-0.4, -0.2) is 48.9 Å². The monoisotopic (exact) mass is 392 g/mol. The molecule has 0 saturated carbocycles. The minimum atomic E-state index is -1.16. The lowest BCUT2D eigenvalue weighted by Gasteiger charge is -2.27. The average molecular weight is 393 g/mol. The number of methoxy groups -OCH3 is 1. The van der Waals surface area contributed by atoms with Crippen LogP contribution in [0.25, 0.3) is 0 Å². The largest absolute Gasteiger partial charge is 0.383 e. The van der Waals surface area contributed by atoms with E-state index >= 15 is 0 Å². The van der Waals surface area contributed by atoms with E-state index < -0.39 is 17.4 Å². The second kappa shape index (κ2) is 6.29. The van der Waals surface area contributed by atoms with Crippen LogP contribution in [0.1, 0.15) is 19.4 Å². The summed E-state index contributed by atoms with van der Waals surface area (Å²) in [6, 6.07) is 5.14. The number of ether oxygens (including phenoxy) is 1. The number of benzene rings is 1. The number of carbonyl (C=O) groups is 3. The maximum atomic E-state index is 13.3. The third kappa shape index (κ3) is 2.31. The maximum absolute atomic E-state index is 13.3. The summed E-state index contributed by atoms with van der Waals surface area (Å²) in [5.74, 6) is -1.95. The van der Waals surface area contributed by atoms with Crippen molar-refractivity contribution in [1.29, 1.82) is 0 Å². The van der Waals surface area contributed by atoms with E-state index in [1.807, 2.05) is 25.2 Å². The number of hydrogen-bond donors (Lipinski definition) is 2. The van der Waals surface area contributed by atoms with Gasteiger partial charge in [0, 0.05) is 18.6 Å². The second-order valence-corrected chi connectivity index (χ2v) is 8.21. The number of rotatable bonds is 4. The first-order valence-electron chi connectivity index (χ1n) is 9.15. The lowest BCUT2D eigenvalue weighted by molar-refractivity contribution is -0.738. The van der Waals surface area contributed by atoms with Gasteiger partial charge in [-0.2, -0.15) is 0 Å². The molecule has 3 N–H and O–H groups in total. The van der Waals surface area contributed by atoms with E-state index in [0.29, 0.717) is 16.3 Å². The van der Waals surface area contributed by atoms with Crippen molar-refractivity contribution in [3.05, 3.63) is 28.8 Å². The molecule has 27 heavy (non-hydrogen) atoms. The highest BCUT2D eigenvalue weighted by molar-refractivity contribution is 6.35. The molecule has 3 amide bonds. The fraction of sp³-hybridized carbons (Fsp3) is 0.526. The minimum absolute atomic E-state index is 0.118. The van der Waals surface area contributed by atoms with Crippen LogP contribution in [0.4, 0.5) is 5.69 Å². The summed E-state index contributed by atoms with van der Waals surface area (Å²) in [6.45, 7) is 4.50.